The molecule has 0 spiro atoms. The molecule has 0 fully saturated rings. The second kappa shape index (κ2) is 5.87. The number of aryl methyl sites for hydroxylation is 1. The Hall–Kier alpha value is -1.06. The van der Waals surface area contributed by atoms with Gasteiger partial charge in [0.05, 0.1) is 10.7 Å². The SMILES string of the molecule is C=C(C)CNC(=S)Nc1ccc(C)cc1Cl. The fraction of sp³-hybridized carbons (Fsp3) is 0.250. The number of hydrogen-bond donors (Lipinski definition) is 2. The maximum absolute atomic E-state index is 6.07. The molecule has 0 saturated carbocycles. The molecule has 0 aromatic heterocycles. The van der Waals surface area contributed by atoms with Crippen LogP contribution >= 0.6 is 23.8 Å². The lowest BCUT2D eigenvalue weighted by atomic mass is 10.2. The van der Waals surface area contributed by atoms with Crippen molar-refractivity contribution in [3.8, 4) is 0 Å². The molecule has 0 heterocycles. The Balaban J connectivity index is 2.59. The number of nitrogens with one attached hydrogen (secondary N) is 2. The molecule has 0 aliphatic heterocycles. The van der Waals surface area contributed by atoms with E-state index in [0.29, 0.717) is 16.7 Å². The van der Waals surface area contributed by atoms with Gasteiger partial charge in [-0.25, -0.2) is 0 Å². The molecule has 4 heteroatoms. The number of thiocarbonyl (C=S) groups is 1. The van der Waals surface area contributed by atoms with E-state index in [-0.39, 0.29) is 0 Å². The molecule has 1 rings (SSSR count). The topological polar surface area (TPSA) is 24.1 Å². The summed E-state index contributed by atoms with van der Waals surface area (Å²) < 4.78 is 0. The van der Waals surface area contributed by atoms with Crippen LogP contribution in [0.2, 0.25) is 5.02 Å². The summed E-state index contributed by atoms with van der Waals surface area (Å²) in [5.41, 5.74) is 2.96. The van der Waals surface area contributed by atoms with E-state index in [1.54, 1.807) is 0 Å². The largest absolute Gasteiger partial charge is 0.359 e. The van der Waals surface area contributed by atoms with E-state index in [4.69, 9.17) is 23.8 Å². The number of hydrogen-bond acceptors (Lipinski definition) is 1. The first-order valence-corrected chi connectivity index (χ1v) is 5.73. The maximum Gasteiger partial charge on any atom is 0.171 e. The van der Waals surface area contributed by atoms with Gasteiger partial charge in [0.1, 0.15) is 0 Å². The van der Waals surface area contributed by atoms with Crippen molar-refractivity contribution in [1.29, 1.82) is 0 Å². The summed E-state index contributed by atoms with van der Waals surface area (Å²) in [5.74, 6) is 0. The van der Waals surface area contributed by atoms with Crippen LogP contribution in [0.4, 0.5) is 5.69 Å². The summed E-state index contributed by atoms with van der Waals surface area (Å²) in [6.45, 7) is 8.38. The lowest BCUT2D eigenvalue weighted by Crippen LogP contribution is -2.29. The standard InChI is InChI=1S/C12H15ClN2S/c1-8(2)7-14-12(16)15-11-5-4-9(3)6-10(11)13/h4-6H,1,7H2,2-3H3,(H2,14,15,16). The van der Waals surface area contributed by atoms with Crippen molar-refractivity contribution in [1.82, 2.24) is 5.32 Å². The number of benzene rings is 1. The Morgan fingerprint density at radius 2 is 2.19 bits per heavy atom. The molecule has 0 saturated heterocycles. The first-order valence-electron chi connectivity index (χ1n) is 4.94. The lowest BCUT2D eigenvalue weighted by molar-refractivity contribution is 1.000. The average molecular weight is 255 g/mol. The molecule has 1 aromatic rings. The molecular formula is C12H15ClN2S. The number of anilines is 1. The van der Waals surface area contributed by atoms with E-state index >= 15 is 0 Å². The summed E-state index contributed by atoms with van der Waals surface area (Å²) in [7, 11) is 0. The van der Waals surface area contributed by atoms with Gasteiger partial charge in [-0.1, -0.05) is 29.8 Å². The highest BCUT2D eigenvalue weighted by atomic mass is 35.5. The van der Waals surface area contributed by atoms with Crippen LogP contribution in [0, 0.1) is 6.92 Å². The Morgan fingerprint density at radius 3 is 2.75 bits per heavy atom. The number of rotatable bonds is 3. The van der Waals surface area contributed by atoms with Crippen molar-refractivity contribution in [3.05, 3.63) is 40.9 Å². The number of halogens is 1. The van der Waals surface area contributed by atoms with Gasteiger partial charge in [-0.05, 0) is 43.8 Å². The highest BCUT2D eigenvalue weighted by molar-refractivity contribution is 7.80. The predicted molar refractivity (Wildman–Crippen MR) is 75.2 cm³/mol. The van der Waals surface area contributed by atoms with Gasteiger partial charge in [-0.15, -0.1) is 0 Å². The average Bonchev–Trinajstić information content (AvgIpc) is 2.19. The predicted octanol–water partition coefficient (Wildman–Crippen LogP) is 3.51. The zero-order valence-corrected chi connectivity index (χ0v) is 11.0. The van der Waals surface area contributed by atoms with E-state index < -0.39 is 0 Å². The molecular weight excluding hydrogens is 240 g/mol. The molecule has 0 aliphatic rings. The van der Waals surface area contributed by atoms with Crippen molar-refractivity contribution in [2.75, 3.05) is 11.9 Å². The molecule has 2 nitrogen and oxygen atoms in total. The van der Waals surface area contributed by atoms with E-state index in [1.807, 2.05) is 32.0 Å². The molecule has 0 unspecified atom stereocenters. The minimum absolute atomic E-state index is 0.550. The second-order valence-corrected chi connectivity index (χ2v) is 4.56. The van der Waals surface area contributed by atoms with Crippen molar-refractivity contribution >= 4 is 34.6 Å². The minimum Gasteiger partial charge on any atom is -0.359 e. The summed E-state index contributed by atoms with van der Waals surface area (Å²) in [6.07, 6.45) is 0. The molecule has 0 bridgehead atoms. The molecule has 0 amide bonds. The van der Waals surface area contributed by atoms with Gasteiger partial charge in [-0.3, -0.25) is 0 Å². The Kier molecular flexibility index (Phi) is 4.77. The van der Waals surface area contributed by atoms with E-state index in [9.17, 15) is 0 Å². The minimum atomic E-state index is 0.550. The summed E-state index contributed by atoms with van der Waals surface area (Å²) in [4.78, 5) is 0. The van der Waals surface area contributed by atoms with Crippen LogP contribution in [0.25, 0.3) is 0 Å². The van der Waals surface area contributed by atoms with Crippen molar-refractivity contribution in [2.45, 2.75) is 13.8 Å². The molecule has 0 atom stereocenters. The van der Waals surface area contributed by atoms with Crippen molar-refractivity contribution < 1.29 is 0 Å². The van der Waals surface area contributed by atoms with Crippen LogP contribution < -0.4 is 10.6 Å². The van der Waals surface area contributed by atoms with Crippen LogP contribution in [-0.4, -0.2) is 11.7 Å². The summed E-state index contributed by atoms with van der Waals surface area (Å²) in [5, 5.41) is 7.29. The Bertz CT molecular complexity index is 415. The highest BCUT2D eigenvalue weighted by Gasteiger charge is 2.02. The quantitative estimate of drug-likeness (QED) is 0.638. The van der Waals surface area contributed by atoms with Gasteiger partial charge in [0.25, 0.3) is 0 Å². The van der Waals surface area contributed by atoms with E-state index in [1.165, 1.54) is 0 Å². The lowest BCUT2D eigenvalue weighted by Gasteiger charge is -2.11. The molecule has 1 aromatic carbocycles. The van der Waals surface area contributed by atoms with Gasteiger partial charge in [-0.2, -0.15) is 0 Å². The zero-order chi connectivity index (χ0) is 12.1. The fourth-order valence-corrected chi connectivity index (χ4v) is 1.58. The summed E-state index contributed by atoms with van der Waals surface area (Å²) >= 11 is 11.2. The second-order valence-electron chi connectivity index (χ2n) is 3.75. The van der Waals surface area contributed by atoms with Crippen LogP contribution in [0.3, 0.4) is 0 Å². The first-order chi connectivity index (χ1) is 7.49. The monoisotopic (exact) mass is 254 g/mol. The smallest absolute Gasteiger partial charge is 0.171 e. The molecule has 16 heavy (non-hydrogen) atoms. The van der Waals surface area contributed by atoms with Gasteiger partial charge in [0, 0.05) is 6.54 Å². The van der Waals surface area contributed by atoms with Gasteiger partial charge in [0.15, 0.2) is 5.11 Å². The maximum atomic E-state index is 6.07. The molecule has 2 N–H and O–H groups in total. The van der Waals surface area contributed by atoms with E-state index in [0.717, 1.165) is 16.8 Å². The highest BCUT2D eigenvalue weighted by Crippen LogP contribution is 2.22. The third-order valence-corrected chi connectivity index (χ3v) is 2.48. The van der Waals surface area contributed by atoms with Crippen LogP contribution in [-0.2, 0) is 0 Å². The Morgan fingerprint density at radius 1 is 1.50 bits per heavy atom. The third kappa shape index (κ3) is 4.21. The molecule has 86 valence electrons. The van der Waals surface area contributed by atoms with Crippen molar-refractivity contribution in [3.63, 3.8) is 0 Å². The molecule has 0 aliphatic carbocycles. The Labute approximate surface area is 107 Å². The van der Waals surface area contributed by atoms with Gasteiger partial charge >= 0.3 is 0 Å². The van der Waals surface area contributed by atoms with Crippen molar-refractivity contribution in [2.24, 2.45) is 0 Å². The van der Waals surface area contributed by atoms with Gasteiger partial charge in [0.2, 0.25) is 0 Å². The van der Waals surface area contributed by atoms with Crippen LogP contribution in [0.1, 0.15) is 12.5 Å². The normalized spacial score (nSPS) is 9.69. The summed E-state index contributed by atoms with van der Waals surface area (Å²) in [6, 6.07) is 5.78. The first kappa shape index (κ1) is 13.0. The van der Waals surface area contributed by atoms with Crippen LogP contribution in [0.5, 0.6) is 0 Å². The van der Waals surface area contributed by atoms with E-state index in [2.05, 4.69) is 17.2 Å². The fourth-order valence-electron chi connectivity index (χ4n) is 1.12. The zero-order valence-electron chi connectivity index (χ0n) is 9.43. The van der Waals surface area contributed by atoms with Gasteiger partial charge < -0.3 is 10.6 Å². The molecule has 0 radical (unpaired) electrons. The van der Waals surface area contributed by atoms with Crippen LogP contribution in [0.15, 0.2) is 30.4 Å². The third-order valence-electron chi connectivity index (χ3n) is 1.92.